The van der Waals surface area contributed by atoms with Crippen LogP contribution < -0.4 is 0 Å². The SMILES string of the molecule is Cc1cc(C(=O)COC(=O)C2CCCC2)c(C)n1[C@@H]1CCS(=O)(=O)C1. The number of hydrogen-bond acceptors (Lipinski definition) is 5. The topological polar surface area (TPSA) is 82.4 Å². The van der Waals surface area contributed by atoms with E-state index in [1.165, 1.54) is 0 Å². The number of Topliss-reactive ketones (excluding diaryl/α,β-unsaturated/α-hetero) is 1. The van der Waals surface area contributed by atoms with Crippen molar-refractivity contribution in [3.05, 3.63) is 23.0 Å². The van der Waals surface area contributed by atoms with E-state index in [2.05, 4.69) is 0 Å². The normalized spacial score (nSPS) is 23.0. The summed E-state index contributed by atoms with van der Waals surface area (Å²) < 4.78 is 30.6. The molecule has 1 saturated heterocycles. The summed E-state index contributed by atoms with van der Waals surface area (Å²) >= 11 is 0. The number of carbonyl (C=O) groups is 2. The first-order valence-electron chi connectivity index (χ1n) is 8.87. The average molecular weight is 367 g/mol. The predicted octanol–water partition coefficient (Wildman–Crippen LogP) is 2.38. The molecule has 0 aromatic carbocycles. The first-order valence-corrected chi connectivity index (χ1v) is 10.7. The number of rotatable bonds is 5. The molecule has 2 fully saturated rings. The highest BCUT2D eigenvalue weighted by molar-refractivity contribution is 7.91. The lowest BCUT2D eigenvalue weighted by Gasteiger charge is -2.16. The van der Waals surface area contributed by atoms with Gasteiger partial charge in [0.1, 0.15) is 0 Å². The zero-order chi connectivity index (χ0) is 18.2. The highest BCUT2D eigenvalue weighted by Gasteiger charge is 2.32. The van der Waals surface area contributed by atoms with Crippen LogP contribution in [0.25, 0.3) is 0 Å². The number of ketones is 1. The van der Waals surface area contributed by atoms with E-state index in [4.69, 9.17) is 4.74 Å². The molecule has 2 aliphatic rings. The van der Waals surface area contributed by atoms with Crippen LogP contribution in [-0.4, -0.2) is 42.9 Å². The second kappa shape index (κ2) is 6.94. The van der Waals surface area contributed by atoms with Gasteiger partial charge in [0.25, 0.3) is 0 Å². The summed E-state index contributed by atoms with van der Waals surface area (Å²) in [7, 11) is -2.99. The van der Waals surface area contributed by atoms with Gasteiger partial charge in [0.15, 0.2) is 16.4 Å². The minimum absolute atomic E-state index is 0.0658. The maximum atomic E-state index is 12.5. The Morgan fingerprint density at radius 1 is 1.20 bits per heavy atom. The monoisotopic (exact) mass is 367 g/mol. The molecular formula is C18H25NO5S. The van der Waals surface area contributed by atoms with E-state index in [1.807, 2.05) is 18.4 Å². The van der Waals surface area contributed by atoms with Gasteiger partial charge in [-0.15, -0.1) is 0 Å². The second-order valence-electron chi connectivity index (χ2n) is 7.22. The summed E-state index contributed by atoms with van der Waals surface area (Å²) in [6.45, 7) is 3.45. The van der Waals surface area contributed by atoms with Crippen LogP contribution in [0.5, 0.6) is 0 Å². The zero-order valence-corrected chi connectivity index (χ0v) is 15.6. The van der Waals surface area contributed by atoms with Gasteiger partial charge in [-0.25, -0.2) is 8.42 Å². The fourth-order valence-electron chi connectivity index (χ4n) is 4.09. The number of ether oxygens (including phenoxy) is 1. The van der Waals surface area contributed by atoms with Crippen molar-refractivity contribution in [1.82, 2.24) is 4.57 Å². The molecule has 1 atom stereocenters. The van der Waals surface area contributed by atoms with Gasteiger partial charge in [-0.3, -0.25) is 9.59 Å². The summed E-state index contributed by atoms with van der Waals surface area (Å²) in [4.78, 5) is 24.5. The molecule has 1 aromatic heterocycles. The number of nitrogens with zero attached hydrogens (tertiary/aromatic N) is 1. The van der Waals surface area contributed by atoms with Crippen LogP contribution in [0.3, 0.4) is 0 Å². The number of aromatic nitrogens is 1. The van der Waals surface area contributed by atoms with E-state index >= 15 is 0 Å². The molecule has 0 unspecified atom stereocenters. The van der Waals surface area contributed by atoms with E-state index in [-0.39, 0.29) is 41.8 Å². The minimum Gasteiger partial charge on any atom is -0.457 e. The molecule has 1 aliphatic carbocycles. The van der Waals surface area contributed by atoms with E-state index in [0.29, 0.717) is 12.0 Å². The first-order chi connectivity index (χ1) is 11.8. The van der Waals surface area contributed by atoms with Gasteiger partial charge in [0.2, 0.25) is 5.78 Å². The maximum absolute atomic E-state index is 12.5. The highest BCUT2D eigenvalue weighted by Crippen LogP contribution is 2.29. The molecule has 25 heavy (non-hydrogen) atoms. The predicted molar refractivity (Wildman–Crippen MR) is 93.5 cm³/mol. The van der Waals surface area contributed by atoms with Crippen LogP contribution in [0, 0.1) is 19.8 Å². The highest BCUT2D eigenvalue weighted by atomic mass is 32.2. The standard InChI is InChI=1S/C18H25NO5S/c1-12-9-16(13(2)19(12)15-7-8-25(22,23)11-15)17(20)10-24-18(21)14-5-3-4-6-14/h9,14-15H,3-8,10-11H2,1-2H3/t15-/m1/s1. The summed E-state index contributed by atoms with van der Waals surface area (Å²) in [5, 5.41) is 0. The Labute approximate surface area is 148 Å². The third-order valence-electron chi connectivity index (χ3n) is 5.39. The van der Waals surface area contributed by atoms with Crippen molar-refractivity contribution in [2.75, 3.05) is 18.1 Å². The van der Waals surface area contributed by atoms with Crippen LogP contribution in [0.4, 0.5) is 0 Å². The van der Waals surface area contributed by atoms with E-state index in [1.54, 1.807) is 6.07 Å². The number of sulfone groups is 1. The average Bonchev–Trinajstić information content (AvgIpc) is 3.25. The fourth-order valence-corrected chi connectivity index (χ4v) is 5.79. The Hall–Kier alpha value is -1.63. The van der Waals surface area contributed by atoms with Gasteiger partial charge >= 0.3 is 5.97 Å². The van der Waals surface area contributed by atoms with E-state index in [0.717, 1.165) is 37.1 Å². The van der Waals surface area contributed by atoms with Crippen LogP contribution in [0.1, 0.15) is 59.9 Å². The second-order valence-corrected chi connectivity index (χ2v) is 9.45. The third-order valence-corrected chi connectivity index (χ3v) is 7.14. The molecule has 0 radical (unpaired) electrons. The van der Waals surface area contributed by atoms with Gasteiger partial charge in [-0.1, -0.05) is 12.8 Å². The molecule has 3 rings (SSSR count). The van der Waals surface area contributed by atoms with Gasteiger partial charge in [0, 0.05) is 23.0 Å². The van der Waals surface area contributed by atoms with Crippen molar-refractivity contribution in [2.24, 2.45) is 5.92 Å². The number of carbonyl (C=O) groups excluding carboxylic acids is 2. The minimum atomic E-state index is -2.99. The third kappa shape index (κ3) is 3.81. The molecule has 1 saturated carbocycles. The quantitative estimate of drug-likeness (QED) is 0.589. The first kappa shape index (κ1) is 18.2. The number of esters is 1. The smallest absolute Gasteiger partial charge is 0.309 e. The fraction of sp³-hybridized carbons (Fsp3) is 0.667. The van der Waals surface area contributed by atoms with E-state index < -0.39 is 9.84 Å². The molecule has 2 heterocycles. The van der Waals surface area contributed by atoms with Crippen LogP contribution in [-0.2, 0) is 19.4 Å². The van der Waals surface area contributed by atoms with Crippen molar-refractivity contribution in [1.29, 1.82) is 0 Å². The lowest BCUT2D eigenvalue weighted by molar-refractivity contribution is -0.147. The van der Waals surface area contributed by atoms with Crippen molar-refractivity contribution >= 4 is 21.6 Å². The lowest BCUT2D eigenvalue weighted by atomic mass is 10.1. The van der Waals surface area contributed by atoms with Crippen molar-refractivity contribution in [3.8, 4) is 0 Å². The number of aryl methyl sites for hydroxylation is 1. The van der Waals surface area contributed by atoms with E-state index in [9.17, 15) is 18.0 Å². The van der Waals surface area contributed by atoms with Crippen molar-refractivity contribution < 1.29 is 22.7 Å². The molecule has 6 nitrogen and oxygen atoms in total. The van der Waals surface area contributed by atoms with Gasteiger partial charge in [0.05, 0.1) is 17.4 Å². The van der Waals surface area contributed by atoms with Crippen LogP contribution in [0.15, 0.2) is 6.07 Å². The molecule has 0 N–H and O–H groups in total. The van der Waals surface area contributed by atoms with Crippen LogP contribution >= 0.6 is 0 Å². The summed E-state index contributed by atoms with van der Waals surface area (Å²) in [6, 6.07) is 1.65. The van der Waals surface area contributed by atoms with Crippen molar-refractivity contribution in [3.63, 3.8) is 0 Å². The Kier molecular flexibility index (Phi) is 5.04. The molecule has 1 aliphatic heterocycles. The zero-order valence-electron chi connectivity index (χ0n) is 14.8. The molecular weight excluding hydrogens is 342 g/mol. The Morgan fingerprint density at radius 3 is 2.48 bits per heavy atom. The lowest BCUT2D eigenvalue weighted by Crippen LogP contribution is -2.20. The largest absolute Gasteiger partial charge is 0.457 e. The Morgan fingerprint density at radius 2 is 1.88 bits per heavy atom. The Balaban J connectivity index is 1.69. The summed E-state index contributed by atoms with van der Waals surface area (Å²) in [5.41, 5.74) is 2.13. The van der Waals surface area contributed by atoms with Crippen molar-refractivity contribution in [2.45, 2.75) is 52.0 Å². The maximum Gasteiger partial charge on any atom is 0.309 e. The molecule has 7 heteroatoms. The van der Waals surface area contributed by atoms with Gasteiger partial charge in [-0.05, 0) is 39.2 Å². The van der Waals surface area contributed by atoms with Gasteiger partial charge in [-0.2, -0.15) is 0 Å². The number of hydrogen-bond donors (Lipinski definition) is 0. The van der Waals surface area contributed by atoms with Crippen LogP contribution in [0.2, 0.25) is 0 Å². The molecule has 0 bridgehead atoms. The molecule has 1 aromatic rings. The summed E-state index contributed by atoms with van der Waals surface area (Å²) in [5.74, 6) is -0.262. The molecule has 0 spiro atoms. The molecule has 0 amide bonds. The molecule has 138 valence electrons. The Bertz CT molecular complexity index is 787. The van der Waals surface area contributed by atoms with Gasteiger partial charge < -0.3 is 9.30 Å². The summed E-state index contributed by atoms with van der Waals surface area (Å²) in [6.07, 6.45) is 4.34.